The molecule has 0 atom stereocenters. The Labute approximate surface area is 143 Å². The first-order chi connectivity index (χ1) is 11.4. The number of aromatic nitrogens is 1. The molecule has 1 aromatic heterocycles. The van der Waals surface area contributed by atoms with Gasteiger partial charge >= 0.3 is 0 Å². The molecular formula is C18H22N2O3S. The highest BCUT2D eigenvalue weighted by atomic mass is 32.2. The van der Waals surface area contributed by atoms with Crippen molar-refractivity contribution >= 4 is 15.7 Å². The third-order valence-corrected chi connectivity index (χ3v) is 5.55. The average molecular weight is 346 g/mol. The van der Waals surface area contributed by atoms with Crippen LogP contribution in [0.25, 0.3) is 0 Å². The summed E-state index contributed by atoms with van der Waals surface area (Å²) in [5.41, 5.74) is 1.91. The molecule has 1 amide bonds. The second-order valence-corrected chi connectivity index (χ2v) is 7.88. The number of hydrogen-bond acceptors (Lipinski definition) is 4. The van der Waals surface area contributed by atoms with Crippen molar-refractivity contribution in [3.05, 3.63) is 59.9 Å². The van der Waals surface area contributed by atoms with Crippen molar-refractivity contribution in [2.45, 2.75) is 24.7 Å². The van der Waals surface area contributed by atoms with E-state index in [0.717, 1.165) is 11.3 Å². The third kappa shape index (κ3) is 5.16. The molecule has 0 unspecified atom stereocenters. The second-order valence-electron chi connectivity index (χ2n) is 5.77. The number of benzene rings is 1. The summed E-state index contributed by atoms with van der Waals surface area (Å²) in [5, 5.41) is 0. The van der Waals surface area contributed by atoms with E-state index in [0.29, 0.717) is 13.0 Å². The van der Waals surface area contributed by atoms with Crippen molar-refractivity contribution in [1.29, 1.82) is 0 Å². The summed E-state index contributed by atoms with van der Waals surface area (Å²) in [6.45, 7) is 2.41. The van der Waals surface area contributed by atoms with E-state index in [1.54, 1.807) is 42.4 Å². The van der Waals surface area contributed by atoms with E-state index >= 15 is 0 Å². The van der Waals surface area contributed by atoms with E-state index in [-0.39, 0.29) is 23.0 Å². The molecule has 0 N–H and O–H groups in total. The van der Waals surface area contributed by atoms with Gasteiger partial charge in [0.15, 0.2) is 9.84 Å². The van der Waals surface area contributed by atoms with Gasteiger partial charge in [0.25, 0.3) is 0 Å². The number of carbonyl (C=O) groups excluding carboxylic acids is 1. The molecule has 0 aliphatic carbocycles. The molecule has 0 bridgehead atoms. The molecule has 0 aliphatic rings. The predicted molar refractivity (Wildman–Crippen MR) is 93.4 cm³/mol. The van der Waals surface area contributed by atoms with Gasteiger partial charge in [-0.05, 0) is 31.2 Å². The van der Waals surface area contributed by atoms with Gasteiger partial charge in [-0.1, -0.05) is 23.8 Å². The lowest BCUT2D eigenvalue weighted by Crippen LogP contribution is -2.30. The van der Waals surface area contributed by atoms with Crippen LogP contribution in [0.15, 0.2) is 53.6 Å². The molecule has 0 saturated heterocycles. The zero-order valence-electron chi connectivity index (χ0n) is 14.0. The zero-order valence-corrected chi connectivity index (χ0v) is 14.8. The molecule has 24 heavy (non-hydrogen) atoms. The summed E-state index contributed by atoms with van der Waals surface area (Å²) < 4.78 is 24.5. The molecule has 1 aromatic carbocycles. The lowest BCUT2D eigenvalue weighted by atomic mass is 10.2. The van der Waals surface area contributed by atoms with E-state index < -0.39 is 9.84 Å². The molecule has 0 radical (unpaired) electrons. The van der Waals surface area contributed by atoms with Crippen molar-refractivity contribution in [2.75, 3.05) is 19.3 Å². The fourth-order valence-corrected chi connectivity index (χ4v) is 3.46. The number of carbonyl (C=O) groups is 1. The highest BCUT2D eigenvalue weighted by Crippen LogP contribution is 2.13. The highest BCUT2D eigenvalue weighted by Gasteiger charge is 2.18. The molecule has 2 rings (SSSR count). The summed E-state index contributed by atoms with van der Waals surface area (Å²) >= 11 is 0. The van der Waals surface area contributed by atoms with E-state index in [2.05, 4.69) is 4.98 Å². The first-order valence-corrected chi connectivity index (χ1v) is 9.47. The Balaban J connectivity index is 1.86. The standard InChI is InChI=1S/C18H22N2O3S/c1-15-6-8-17(9-7-15)24(22,23)14-11-18(21)20(2)13-10-16-5-3-4-12-19-16/h3-9,12H,10-11,13-14H2,1-2H3. The monoisotopic (exact) mass is 346 g/mol. The summed E-state index contributed by atoms with van der Waals surface area (Å²) in [6.07, 6.45) is 2.34. The van der Waals surface area contributed by atoms with Crippen LogP contribution in [-0.2, 0) is 21.1 Å². The van der Waals surface area contributed by atoms with Crippen LogP contribution in [0.5, 0.6) is 0 Å². The van der Waals surface area contributed by atoms with Crippen LogP contribution in [0.1, 0.15) is 17.7 Å². The zero-order chi connectivity index (χ0) is 17.6. The maximum absolute atomic E-state index is 12.3. The van der Waals surface area contributed by atoms with E-state index in [9.17, 15) is 13.2 Å². The fourth-order valence-electron chi connectivity index (χ4n) is 2.23. The van der Waals surface area contributed by atoms with Crippen LogP contribution in [-0.4, -0.2) is 43.6 Å². The molecule has 1 heterocycles. The Hall–Kier alpha value is -2.21. The molecule has 128 valence electrons. The van der Waals surface area contributed by atoms with Crippen LogP contribution >= 0.6 is 0 Å². The molecule has 0 fully saturated rings. The van der Waals surface area contributed by atoms with E-state index in [4.69, 9.17) is 0 Å². The number of aryl methyl sites for hydroxylation is 1. The van der Waals surface area contributed by atoms with Gasteiger partial charge in [0.1, 0.15) is 0 Å². The van der Waals surface area contributed by atoms with E-state index in [1.807, 2.05) is 25.1 Å². The predicted octanol–water partition coefficient (Wildman–Crippen LogP) is 2.25. The Kier molecular flexibility index (Phi) is 6.09. The van der Waals surface area contributed by atoms with Crippen molar-refractivity contribution < 1.29 is 13.2 Å². The molecule has 0 saturated carbocycles. The Morgan fingerprint density at radius 3 is 2.46 bits per heavy atom. The lowest BCUT2D eigenvalue weighted by molar-refractivity contribution is -0.129. The van der Waals surface area contributed by atoms with Crippen LogP contribution in [0.4, 0.5) is 0 Å². The minimum absolute atomic E-state index is 0.0189. The number of amides is 1. The van der Waals surface area contributed by atoms with Gasteiger partial charge in [-0.15, -0.1) is 0 Å². The maximum Gasteiger partial charge on any atom is 0.223 e. The first kappa shape index (κ1) is 18.1. The molecule has 2 aromatic rings. The molecule has 0 aliphatic heterocycles. The summed E-state index contributed by atoms with van der Waals surface area (Å²) in [5.74, 6) is -0.357. The number of pyridine rings is 1. The van der Waals surface area contributed by atoms with Gasteiger partial charge in [-0.25, -0.2) is 8.42 Å². The number of hydrogen-bond donors (Lipinski definition) is 0. The quantitative estimate of drug-likeness (QED) is 0.771. The summed E-state index contributed by atoms with van der Waals surface area (Å²) in [7, 11) is -1.75. The van der Waals surface area contributed by atoms with Gasteiger partial charge in [0.05, 0.1) is 10.6 Å². The largest absolute Gasteiger partial charge is 0.345 e. The minimum Gasteiger partial charge on any atom is -0.345 e. The lowest BCUT2D eigenvalue weighted by Gasteiger charge is -2.17. The first-order valence-electron chi connectivity index (χ1n) is 7.82. The Morgan fingerprint density at radius 2 is 1.83 bits per heavy atom. The van der Waals surface area contributed by atoms with Crippen molar-refractivity contribution in [1.82, 2.24) is 9.88 Å². The SMILES string of the molecule is Cc1ccc(S(=O)(=O)CCC(=O)N(C)CCc2ccccn2)cc1. The number of sulfone groups is 1. The highest BCUT2D eigenvalue weighted by molar-refractivity contribution is 7.91. The fraction of sp³-hybridized carbons (Fsp3) is 0.333. The van der Waals surface area contributed by atoms with Crippen LogP contribution in [0.3, 0.4) is 0 Å². The van der Waals surface area contributed by atoms with Crippen molar-refractivity contribution in [2.24, 2.45) is 0 Å². The summed E-state index contributed by atoms with van der Waals surface area (Å²) in [4.78, 5) is 18.2. The van der Waals surface area contributed by atoms with Crippen molar-refractivity contribution in [3.63, 3.8) is 0 Å². The topological polar surface area (TPSA) is 67.3 Å². The number of likely N-dealkylation sites (N-methyl/N-ethyl adjacent to an activating group) is 1. The Morgan fingerprint density at radius 1 is 1.12 bits per heavy atom. The molecule has 5 nitrogen and oxygen atoms in total. The average Bonchev–Trinajstić information content (AvgIpc) is 2.59. The van der Waals surface area contributed by atoms with Crippen LogP contribution in [0, 0.1) is 6.92 Å². The van der Waals surface area contributed by atoms with Crippen LogP contribution < -0.4 is 0 Å². The number of nitrogens with zero attached hydrogens (tertiary/aromatic N) is 2. The van der Waals surface area contributed by atoms with Gasteiger partial charge in [0, 0.05) is 38.3 Å². The van der Waals surface area contributed by atoms with Crippen LogP contribution in [0.2, 0.25) is 0 Å². The van der Waals surface area contributed by atoms with Crippen molar-refractivity contribution in [3.8, 4) is 0 Å². The van der Waals surface area contributed by atoms with Gasteiger partial charge < -0.3 is 4.90 Å². The smallest absolute Gasteiger partial charge is 0.223 e. The maximum atomic E-state index is 12.3. The molecular weight excluding hydrogens is 324 g/mol. The minimum atomic E-state index is -3.43. The van der Waals surface area contributed by atoms with E-state index in [1.165, 1.54) is 0 Å². The Bertz CT molecular complexity index is 772. The van der Waals surface area contributed by atoms with Gasteiger partial charge in [-0.3, -0.25) is 9.78 Å². The van der Waals surface area contributed by atoms with Gasteiger partial charge in [-0.2, -0.15) is 0 Å². The molecule has 0 spiro atoms. The van der Waals surface area contributed by atoms with Gasteiger partial charge in [0.2, 0.25) is 5.91 Å². The molecule has 6 heteroatoms. The second kappa shape index (κ2) is 8.06. The normalized spacial score (nSPS) is 11.2. The third-order valence-electron chi connectivity index (χ3n) is 3.82. The summed E-state index contributed by atoms with van der Waals surface area (Å²) in [6, 6.07) is 12.3. The number of rotatable bonds is 7.